The molecule has 0 saturated carbocycles. The van der Waals surface area contributed by atoms with Crippen molar-refractivity contribution in [2.45, 2.75) is 58.3 Å². The molecule has 1 aliphatic heterocycles. The Morgan fingerprint density at radius 3 is 2.25 bits per heavy atom. The van der Waals surface area contributed by atoms with Gasteiger partial charge in [0.05, 0.1) is 17.8 Å². The van der Waals surface area contributed by atoms with Gasteiger partial charge in [0.25, 0.3) is 0 Å². The van der Waals surface area contributed by atoms with Crippen LogP contribution in [0.1, 0.15) is 41.0 Å². The predicted molar refractivity (Wildman–Crippen MR) is 78.3 cm³/mol. The summed E-state index contributed by atoms with van der Waals surface area (Å²) in [4.78, 5) is 11.0. The summed E-state index contributed by atoms with van der Waals surface area (Å²) in [6, 6.07) is 0.637. The number of esters is 1. The van der Waals surface area contributed by atoms with Crippen molar-refractivity contribution in [1.82, 2.24) is 0 Å². The molecule has 6 heteroatoms. The zero-order valence-corrected chi connectivity index (χ0v) is 14.2. The lowest BCUT2D eigenvalue weighted by atomic mass is 9.90. The molecule has 0 unspecified atom stereocenters. The fraction of sp³-hybridized carbons (Fsp3) is 0.786. The first-order valence-electron chi connectivity index (χ1n) is 7.01. The van der Waals surface area contributed by atoms with Gasteiger partial charge in [-0.05, 0) is 41.0 Å². The highest BCUT2D eigenvalue weighted by molar-refractivity contribution is 6.61. The van der Waals surface area contributed by atoms with Crippen molar-refractivity contribution >= 4 is 14.8 Å². The minimum Gasteiger partial charge on any atom is -0.463 e. The quantitative estimate of drug-likeness (QED) is 0.313. The SMILES string of the molecule is C=CC(=O)OCCC[Si]1(OCC)OC(C)(C)C(C)(C)O1. The zero-order chi connectivity index (χ0) is 15.4. The smallest absolute Gasteiger partial charge is 0.463 e. The van der Waals surface area contributed by atoms with E-state index in [4.69, 9.17) is 18.0 Å². The van der Waals surface area contributed by atoms with Gasteiger partial charge in [-0.1, -0.05) is 6.58 Å². The third-order valence-corrected chi connectivity index (χ3v) is 7.01. The lowest BCUT2D eigenvalue weighted by molar-refractivity contribution is -0.137. The number of carbonyl (C=O) groups excluding carboxylic acids is 1. The van der Waals surface area contributed by atoms with E-state index in [0.29, 0.717) is 25.7 Å². The van der Waals surface area contributed by atoms with Gasteiger partial charge in [-0.25, -0.2) is 4.79 Å². The van der Waals surface area contributed by atoms with Crippen molar-refractivity contribution < 1.29 is 22.8 Å². The largest absolute Gasteiger partial charge is 0.502 e. The van der Waals surface area contributed by atoms with Crippen LogP contribution in [0.15, 0.2) is 12.7 Å². The first kappa shape index (κ1) is 17.4. The molecule has 1 aliphatic rings. The van der Waals surface area contributed by atoms with E-state index in [1.807, 2.05) is 34.6 Å². The predicted octanol–water partition coefficient (Wildman–Crippen LogP) is 2.69. The maximum absolute atomic E-state index is 11.0. The summed E-state index contributed by atoms with van der Waals surface area (Å²) in [6.45, 7) is 14.2. The van der Waals surface area contributed by atoms with Gasteiger partial charge in [-0.2, -0.15) is 0 Å². The molecule has 0 aromatic rings. The van der Waals surface area contributed by atoms with Gasteiger partial charge < -0.3 is 18.0 Å². The fourth-order valence-corrected chi connectivity index (χ4v) is 5.59. The second-order valence-electron chi connectivity index (χ2n) is 5.82. The van der Waals surface area contributed by atoms with Crippen molar-refractivity contribution in [3.05, 3.63) is 12.7 Å². The molecule has 0 N–H and O–H groups in total. The molecule has 0 bridgehead atoms. The topological polar surface area (TPSA) is 54.0 Å². The van der Waals surface area contributed by atoms with Crippen LogP contribution in [0, 0.1) is 0 Å². The van der Waals surface area contributed by atoms with E-state index in [9.17, 15) is 4.79 Å². The highest BCUT2D eigenvalue weighted by Gasteiger charge is 2.60. The lowest BCUT2D eigenvalue weighted by Crippen LogP contribution is -2.43. The van der Waals surface area contributed by atoms with Gasteiger partial charge in [0.15, 0.2) is 0 Å². The zero-order valence-electron chi connectivity index (χ0n) is 13.2. The molecule has 0 amide bonds. The summed E-state index contributed by atoms with van der Waals surface area (Å²) in [5.74, 6) is -0.411. The van der Waals surface area contributed by atoms with Gasteiger partial charge in [-0.15, -0.1) is 0 Å². The Morgan fingerprint density at radius 1 is 1.25 bits per heavy atom. The minimum absolute atomic E-state index is 0.320. The summed E-state index contributed by atoms with van der Waals surface area (Å²) < 4.78 is 23.1. The maximum atomic E-state index is 11.0. The Kier molecular flexibility index (Phi) is 5.54. The van der Waals surface area contributed by atoms with Gasteiger partial charge in [0.2, 0.25) is 0 Å². The van der Waals surface area contributed by atoms with Crippen LogP contribution < -0.4 is 0 Å². The normalized spacial score (nSPS) is 22.4. The van der Waals surface area contributed by atoms with Crippen LogP contribution in [0.25, 0.3) is 0 Å². The molecule has 116 valence electrons. The van der Waals surface area contributed by atoms with Gasteiger partial charge in [-0.3, -0.25) is 0 Å². The molecule has 0 radical (unpaired) electrons. The minimum atomic E-state index is -2.70. The van der Waals surface area contributed by atoms with Crippen molar-refractivity contribution in [1.29, 1.82) is 0 Å². The maximum Gasteiger partial charge on any atom is 0.502 e. The Labute approximate surface area is 122 Å². The first-order valence-corrected chi connectivity index (χ1v) is 8.95. The third-order valence-electron chi connectivity index (χ3n) is 3.67. The van der Waals surface area contributed by atoms with E-state index < -0.39 is 26.0 Å². The molecule has 0 atom stereocenters. The molecule has 1 fully saturated rings. The van der Waals surface area contributed by atoms with Gasteiger partial charge in [0, 0.05) is 18.7 Å². The van der Waals surface area contributed by atoms with Crippen molar-refractivity contribution in [2.75, 3.05) is 13.2 Å². The summed E-state index contributed by atoms with van der Waals surface area (Å²) in [7, 11) is -2.70. The van der Waals surface area contributed by atoms with Crippen molar-refractivity contribution in [3.63, 3.8) is 0 Å². The second kappa shape index (κ2) is 6.38. The molecule has 0 aliphatic carbocycles. The van der Waals surface area contributed by atoms with Crippen LogP contribution >= 0.6 is 0 Å². The fourth-order valence-electron chi connectivity index (χ4n) is 2.02. The molecule has 0 aromatic heterocycles. The summed E-state index contributed by atoms with van der Waals surface area (Å²) in [5, 5.41) is 0. The Balaban J connectivity index is 2.61. The highest BCUT2D eigenvalue weighted by atomic mass is 28.4. The molecule has 0 spiro atoms. The molecular weight excluding hydrogens is 276 g/mol. The van der Waals surface area contributed by atoms with E-state index >= 15 is 0 Å². The highest BCUT2D eigenvalue weighted by Crippen LogP contribution is 2.43. The van der Waals surface area contributed by atoms with Crippen LogP contribution in [-0.4, -0.2) is 39.2 Å². The van der Waals surface area contributed by atoms with E-state index in [0.717, 1.165) is 6.08 Å². The Hall–Kier alpha value is -0.693. The third kappa shape index (κ3) is 3.91. The van der Waals surface area contributed by atoms with Crippen LogP contribution in [0.4, 0.5) is 0 Å². The van der Waals surface area contributed by atoms with Crippen molar-refractivity contribution in [3.8, 4) is 0 Å². The molecule has 5 nitrogen and oxygen atoms in total. The summed E-state index contributed by atoms with van der Waals surface area (Å²) >= 11 is 0. The monoisotopic (exact) mass is 302 g/mol. The number of rotatable bonds is 7. The average Bonchev–Trinajstić information content (AvgIpc) is 2.50. The van der Waals surface area contributed by atoms with Gasteiger partial charge in [0.1, 0.15) is 0 Å². The molecular formula is C14H26O5Si. The standard InChI is InChI=1S/C14H26O5Si/c1-7-12(15)16-10-9-11-20(17-8-2)18-13(3,4)14(5,6)19-20/h7H,1,8-11H2,2-6H3. The molecule has 20 heavy (non-hydrogen) atoms. The number of carbonyl (C=O) groups is 1. The Bertz CT molecular complexity index is 349. The van der Waals surface area contributed by atoms with E-state index in [2.05, 4.69) is 6.58 Å². The van der Waals surface area contributed by atoms with E-state index in [-0.39, 0.29) is 0 Å². The first-order chi connectivity index (χ1) is 9.18. The van der Waals surface area contributed by atoms with Crippen molar-refractivity contribution in [2.24, 2.45) is 0 Å². The second-order valence-corrected chi connectivity index (χ2v) is 8.38. The lowest BCUT2D eigenvalue weighted by Gasteiger charge is -2.31. The molecule has 1 heterocycles. The Morgan fingerprint density at radius 2 is 1.80 bits per heavy atom. The van der Waals surface area contributed by atoms with Crippen LogP contribution in [-0.2, 0) is 22.8 Å². The summed E-state index contributed by atoms with van der Waals surface area (Å²) in [6.07, 6.45) is 1.81. The van der Waals surface area contributed by atoms with E-state index in [1.54, 1.807) is 0 Å². The number of hydrogen-bond donors (Lipinski definition) is 0. The van der Waals surface area contributed by atoms with Crippen LogP contribution in [0.3, 0.4) is 0 Å². The van der Waals surface area contributed by atoms with E-state index in [1.165, 1.54) is 0 Å². The average molecular weight is 302 g/mol. The number of ether oxygens (including phenoxy) is 1. The molecule has 0 aromatic carbocycles. The van der Waals surface area contributed by atoms with Crippen LogP contribution in [0.2, 0.25) is 6.04 Å². The van der Waals surface area contributed by atoms with Crippen LogP contribution in [0.5, 0.6) is 0 Å². The number of hydrogen-bond acceptors (Lipinski definition) is 5. The molecule has 1 rings (SSSR count). The summed E-state index contributed by atoms with van der Waals surface area (Å²) in [5.41, 5.74) is -0.793. The molecule has 1 saturated heterocycles. The van der Waals surface area contributed by atoms with Gasteiger partial charge >= 0.3 is 14.8 Å².